The zero-order valence-corrected chi connectivity index (χ0v) is 23.0. The topological polar surface area (TPSA) is 104 Å². The normalized spacial score (nSPS) is 14.5. The molecule has 0 saturated heterocycles. The standard InChI is InChI=1S/C32H30N4O5/c1-35(2)17-18-36(31(38)27-10-7-19-41-27)24-14-12-23(13-15-24)33-29(21-8-5-4-6-9-21)28-25-16-11-22(32(39)40-3)20-26(25)34-30(28)37/h4-16,19-20,28H,17-18H2,1-3H3,(H,34,37). The number of hydrogen-bond acceptors (Lipinski definition) is 7. The Labute approximate surface area is 238 Å². The maximum atomic E-state index is 13.3. The van der Waals surface area contributed by atoms with Gasteiger partial charge >= 0.3 is 5.97 Å². The summed E-state index contributed by atoms with van der Waals surface area (Å²) in [5.74, 6) is -1.37. The predicted molar refractivity (Wildman–Crippen MR) is 157 cm³/mol. The Morgan fingerprint density at radius 3 is 2.34 bits per heavy atom. The highest BCUT2D eigenvalue weighted by Crippen LogP contribution is 2.37. The Balaban J connectivity index is 1.51. The Morgan fingerprint density at radius 1 is 0.927 bits per heavy atom. The van der Waals surface area contributed by atoms with Gasteiger partial charge in [-0.05, 0) is 73.8 Å². The Morgan fingerprint density at radius 2 is 1.68 bits per heavy atom. The molecule has 0 spiro atoms. The van der Waals surface area contributed by atoms with Crippen LogP contribution in [-0.2, 0) is 9.53 Å². The third kappa shape index (κ3) is 5.95. The van der Waals surface area contributed by atoms with E-state index in [0.717, 1.165) is 11.1 Å². The van der Waals surface area contributed by atoms with Crippen molar-refractivity contribution in [2.75, 3.05) is 44.5 Å². The van der Waals surface area contributed by atoms with Crippen molar-refractivity contribution in [3.05, 3.63) is 114 Å². The average molecular weight is 551 g/mol. The molecule has 4 aromatic rings. The van der Waals surface area contributed by atoms with Gasteiger partial charge in [0.2, 0.25) is 5.91 Å². The number of hydrogen-bond donors (Lipinski definition) is 1. The summed E-state index contributed by atoms with van der Waals surface area (Å²) in [6.45, 7) is 1.13. The van der Waals surface area contributed by atoms with Crippen LogP contribution in [0.25, 0.3) is 0 Å². The molecule has 9 heteroatoms. The predicted octanol–water partition coefficient (Wildman–Crippen LogP) is 5.13. The summed E-state index contributed by atoms with van der Waals surface area (Å²) in [7, 11) is 5.22. The lowest BCUT2D eigenvalue weighted by Crippen LogP contribution is -2.36. The van der Waals surface area contributed by atoms with Gasteiger partial charge in [0.1, 0.15) is 5.92 Å². The molecule has 9 nitrogen and oxygen atoms in total. The van der Waals surface area contributed by atoms with E-state index in [1.165, 1.54) is 13.4 Å². The fraction of sp³-hybridized carbons (Fsp3) is 0.188. The molecule has 41 heavy (non-hydrogen) atoms. The summed E-state index contributed by atoms with van der Waals surface area (Å²) in [5, 5.41) is 2.89. The van der Waals surface area contributed by atoms with Crippen molar-refractivity contribution < 1.29 is 23.5 Å². The highest BCUT2D eigenvalue weighted by atomic mass is 16.5. The Kier molecular flexibility index (Phi) is 8.07. The molecule has 1 aliphatic rings. The summed E-state index contributed by atoms with van der Waals surface area (Å²) in [5.41, 5.74) is 4.31. The number of benzene rings is 3. The molecule has 1 aliphatic heterocycles. The van der Waals surface area contributed by atoms with Crippen LogP contribution < -0.4 is 10.2 Å². The van der Waals surface area contributed by atoms with E-state index in [9.17, 15) is 14.4 Å². The van der Waals surface area contributed by atoms with Crippen LogP contribution in [0.3, 0.4) is 0 Å². The number of nitrogens with one attached hydrogen (secondary N) is 1. The van der Waals surface area contributed by atoms with Gasteiger partial charge in [-0.3, -0.25) is 14.6 Å². The summed E-state index contributed by atoms with van der Waals surface area (Å²) in [6.07, 6.45) is 1.48. The number of anilines is 2. The third-order valence-corrected chi connectivity index (χ3v) is 6.81. The second-order valence-corrected chi connectivity index (χ2v) is 9.83. The van der Waals surface area contributed by atoms with Gasteiger partial charge in [-0.15, -0.1) is 0 Å². The first kappa shape index (κ1) is 27.5. The van der Waals surface area contributed by atoms with Crippen molar-refractivity contribution in [3.8, 4) is 0 Å². The number of rotatable bonds is 9. The van der Waals surface area contributed by atoms with Crippen molar-refractivity contribution in [3.63, 3.8) is 0 Å². The molecule has 3 aromatic carbocycles. The fourth-order valence-electron chi connectivity index (χ4n) is 4.71. The van der Waals surface area contributed by atoms with Crippen molar-refractivity contribution >= 4 is 40.6 Å². The number of esters is 1. The molecule has 1 aromatic heterocycles. The van der Waals surface area contributed by atoms with Gasteiger partial charge in [-0.1, -0.05) is 36.4 Å². The molecule has 0 radical (unpaired) electrons. The molecule has 1 unspecified atom stereocenters. The molecule has 1 N–H and O–H groups in total. The highest BCUT2D eigenvalue weighted by Gasteiger charge is 2.36. The lowest BCUT2D eigenvalue weighted by atomic mass is 9.90. The maximum absolute atomic E-state index is 13.3. The number of ether oxygens (including phenoxy) is 1. The third-order valence-electron chi connectivity index (χ3n) is 6.81. The van der Waals surface area contributed by atoms with E-state index in [1.54, 1.807) is 35.2 Å². The lowest BCUT2D eigenvalue weighted by molar-refractivity contribution is -0.115. The van der Waals surface area contributed by atoms with Crippen LogP contribution in [0, 0.1) is 0 Å². The molecule has 2 heterocycles. The van der Waals surface area contributed by atoms with Crippen LogP contribution >= 0.6 is 0 Å². The second kappa shape index (κ2) is 12.0. The number of likely N-dealkylation sites (N-methyl/N-ethyl adjacent to an activating group) is 1. The summed E-state index contributed by atoms with van der Waals surface area (Å²) in [6, 6.07) is 25.2. The molecular formula is C32H30N4O5. The molecule has 2 amide bonds. The van der Waals surface area contributed by atoms with Gasteiger partial charge in [0.25, 0.3) is 5.91 Å². The van der Waals surface area contributed by atoms with Gasteiger partial charge in [0, 0.05) is 24.5 Å². The molecule has 0 fully saturated rings. The molecule has 0 saturated carbocycles. The first-order valence-corrected chi connectivity index (χ1v) is 13.1. The number of amides is 2. The van der Waals surface area contributed by atoms with Gasteiger partial charge < -0.3 is 24.3 Å². The summed E-state index contributed by atoms with van der Waals surface area (Å²) >= 11 is 0. The monoisotopic (exact) mass is 550 g/mol. The molecule has 208 valence electrons. The highest BCUT2D eigenvalue weighted by molar-refractivity contribution is 6.24. The van der Waals surface area contributed by atoms with Crippen LogP contribution in [0.1, 0.15) is 38.0 Å². The number of aliphatic imine (C=N–C) groups is 1. The first-order valence-electron chi connectivity index (χ1n) is 13.1. The van der Waals surface area contributed by atoms with E-state index < -0.39 is 11.9 Å². The minimum Gasteiger partial charge on any atom is -0.465 e. The zero-order chi connectivity index (χ0) is 28.9. The van der Waals surface area contributed by atoms with E-state index in [2.05, 4.69) is 5.32 Å². The van der Waals surface area contributed by atoms with Gasteiger partial charge in [-0.25, -0.2) is 4.79 Å². The minimum absolute atomic E-state index is 0.233. The van der Waals surface area contributed by atoms with Crippen molar-refractivity contribution in [1.82, 2.24) is 4.90 Å². The Hall–Kier alpha value is -5.02. The molecule has 0 bridgehead atoms. The Bertz CT molecular complexity index is 1580. The van der Waals surface area contributed by atoms with Crippen LogP contribution in [0.5, 0.6) is 0 Å². The van der Waals surface area contributed by atoms with Crippen LogP contribution in [-0.4, -0.2) is 62.7 Å². The van der Waals surface area contributed by atoms with Gasteiger partial charge in [-0.2, -0.15) is 0 Å². The fourth-order valence-corrected chi connectivity index (χ4v) is 4.71. The number of nitrogens with zero attached hydrogens (tertiary/aromatic N) is 3. The van der Waals surface area contributed by atoms with E-state index in [1.807, 2.05) is 73.6 Å². The summed E-state index contributed by atoms with van der Waals surface area (Å²) in [4.78, 5) is 47.1. The van der Waals surface area contributed by atoms with Crippen molar-refractivity contribution in [2.24, 2.45) is 4.99 Å². The SMILES string of the molecule is COC(=O)c1ccc2c(c1)NC(=O)C2C(=Nc1ccc(N(CCN(C)C)C(=O)c2ccco2)cc1)c1ccccc1. The van der Waals surface area contributed by atoms with Gasteiger partial charge in [0.15, 0.2) is 5.76 Å². The van der Waals surface area contributed by atoms with Gasteiger partial charge in [0.05, 0.1) is 30.3 Å². The van der Waals surface area contributed by atoms with E-state index >= 15 is 0 Å². The van der Waals surface area contributed by atoms with Crippen molar-refractivity contribution in [1.29, 1.82) is 0 Å². The molecular weight excluding hydrogens is 520 g/mol. The second-order valence-electron chi connectivity index (χ2n) is 9.83. The van der Waals surface area contributed by atoms with Crippen LogP contribution in [0.2, 0.25) is 0 Å². The van der Waals surface area contributed by atoms with Crippen LogP contribution in [0.4, 0.5) is 17.1 Å². The smallest absolute Gasteiger partial charge is 0.337 e. The molecule has 5 rings (SSSR count). The first-order chi connectivity index (χ1) is 19.9. The number of methoxy groups -OCH3 is 1. The van der Waals surface area contributed by atoms with E-state index in [0.29, 0.717) is 41.4 Å². The van der Waals surface area contributed by atoms with E-state index in [4.69, 9.17) is 14.1 Å². The lowest BCUT2D eigenvalue weighted by Gasteiger charge is -2.24. The average Bonchev–Trinajstić information content (AvgIpc) is 3.64. The minimum atomic E-state index is -0.684. The number of carbonyl (C=O) groups excluding carboxylic acids is 3. The van der Waals surface area contributed by atoms with Crippen LogP contribution in [0.15, 0.2) is 101 Å². The number of carbonyl (C=O) groups is 3. The van der Waals surface area contributed by atoms with E-state index in [-0.39, 0.29) is 17.6 Å². The quantitative estimate of drug-likeness (QED) is 0.229. The zero-order valence-electron chi connectivity index (χ0n) is 23.0. The largest absolute Gasteiger partial charge is 0.465 e. The van der Waals surface area contributed by atoms with Crippen molar-refractivity contribution in [2.45, 2.75) is 5.92 Å². The molecule has 1 atom stereocenters. The summed E-state index contributed by atoms with van der Waals surface area (Å²) < 4.78 is 10.2. The number of fused-ring (bicyclic) bond motifs is 1. The maximum Gasteiger partial charge on any atom is 0.337 e. The molecule has 0 aliphatic carbocycles. The number of furan rings is 1.